The first-order valence-electron chi connectivity index (χ1n) is 5.28. The topological polar surface area (TPSA) is 17.1 Å². The van der Waals surface area contributed by atoms with Gasteiger partial charge in [0.15, 0.2) is 0 Å². The summed E-state index contributed by atoms with van der Waals surface area (Å²) >= 11 is 0. The van der Waals surface area contributed by atoms with Gasteiger partial charge in [-0.15, -0.1) is 0 Å². The number of rotatable bonds is 3. The molecule has 0 N–H and O–H groups in total. The third-order valence-electron chi connectivity index (χ3n) is 2.38. The van der Waals surface area contributed by atoms with E-state index >= 15 is 0 Å². The molecule has 1 aromatic carbocycles. The number of halogens is 4. The van der Waals surface area contributed by atoms with E-state index in [1.807, 2.05) is 0 Å². The van der Waals surface area contributed by atoms with Gasteiger partial charge in [0.2, 0.25) is 0 Å². The van der Waals surface area contributed by atoms with E-state index in [0.29, 0.717) is 17.9 Å². The maximum Gasteiger partial charge on any atom is 0.416 e. The quantitative estimate of drug-likeness (QED) is 0.454. The van der Waals surface area contributed by atoms with E-state index in [1.165, 1.54) is 6.08 Å². The van der Waals surface area contributed by atoms with E-state index < -0.39 is 17.6 Å². The first-order valence-corrected chi connectivity index (χ1v) is 5.28. The molecule has 98 valence electrons. The molecule has 18 heavy (non-hydrogen) atoms. The fraction of sp³-hybridized carbons (Fsp3) is 0.308. The van der Waals surface area contributed by atoms with E-state index in [-0.39, 0.29) is 11.5 Å². The Labute approximate surface area is 102 Å². The minimum absolute atomic E-state index is 0.0260. The van der Waals surface area contributed by atoms with Crippen LogP contribution in [0.25, 0.3) is 6.08 Å². The zero-order valence-electron chi connectivity index (χ0n) is 9.88. The summed E-state index contributed by atoms with van der Waals surface area (Å²) < 4.78 is 50.5. The molecule has 1 nitrogen and oxygen atoms in total. The van der Waals surface area contributed by atoms with Crippen molar-refractivity contribution in [3.63, 3.8) is 0 Å². The Balaban J connectivity index is 3.26. The molecule has 0 aliphatic rings. The minimum Gasteiger partial charge on any atom is -0.298 e. The fourth-order valence-electron chi connectivity index (χ4n) is 1.39. The zero-order valence-corrected chi connectivity index (χ0v) is 9.88. The van der Waals surface area contributed by atoms with Gasteiger partial charge >= 0.3 is 6.18 Å². The van der Waals surface area contributed by atoms with Gasteiger partial charge in [0.25, 0.3) is 0 Å². The standard InChI is InChI=1S/C13H12F4O/c1-8(2)10(7-18)3-9-4-11(13(15,16)17)6-12(14)5-9/h3-8H,1-2H3/b10-3+. The summed E-state index contributed by atoms with van der Waals surface area (Å²) in [4.78, 5) is 10.7. The Bertz CT molecular complexity index is 472. The van der Waals surface area contributed by atoms with Crippen LogP contribution in [0.2, 0.25) is 0 Å². The second kappa shape index (κ2) is 5.33. The highest BCUT2D eigenvalue weighted by Crippen LogP contribution is 2.31. The van der Waals surface area contributed by atoms with Gasteiger partial charge < -0.3 is 0 Å². The molecule has 1 rings (SSSR count). The molecular formula is C13H12F4O. The molecule has 0 aliphatic heterocycles. The van der Waals surface area contributed by atoms with Crippen LogP contribution >= 0.6 is 0 Å². The van der Waals surface area contributed by atoms with Crippen molar-refractivity contribution in [2.24, 2.45) is 5.92 Å². The molecule has 0 atom stereocenters. The Morgan fingerprint density at radius 3 is 2.28 bits per heavy atom. The van der Waals surface area contributed by atoms with E-state index in [2.05, 4.69) is 0 Å². The highest BCUT2D eigenvalue weighted by atomic mass is 19.4. The largest absolute Gasteiger partial charge is 0.416 e. The van der Waals surface area contributed by atoms with Crippen LogP contribution in [0.3, 0.4) is 0 Å². The number of hydrogen-bond acceptors (Lipinski definition) is 1. The van der Waals surface area contributed by atoms with Gasteiger partial charge in [-0.1, -0.05) is 13.8 Å². The van der Waals surface area contributed by atoms with Gasteiger partial charge in [0.1, 0.15) is 12.1 Å². The summed E-state index contributed by atoms with van der Waals surface area (Å²) in [7, 11) is 0. The first kappa shape index (κ1) is 14.4. The summed E-state index contributed by atoms with van der Waals surface area (Å²) in [6.07, 6.45) is -2.79. The number of aldehydes is 1. The number of carbonyl (C=O) groups excluding carboxylic acids is 1. The monoisotopic (exact) mass is 260 g/mol. The van der Waals surface area contributed by atoms with Crippen molar-refractivity contribution in [2.75, 3.05) is 0 Å². The van der Waals surface area contributed by atoms with Gasteiger partial charge in [0.05, 0.1) is 5.56 Å². The molecule has 0 heterocycles. The molecule has 0 bridgehead atoms. The highest BCUT2D eigenvalue weighted by Gasteiger charge is 2.31. The lowest BCUT2D eigenvalue weighted by Crippen LogP contribution is -2.06. The summed E-state index contributed by atoms with van der Waals surface area (Å²) in [6, 6.07) is 2.20. The van der Waals surface area contributed by atoms with Crippen molar-refractivity contribution in [1.29, 1.82) is 0 Å². The number of benzene rings is 1. The lowest BCUT2D eigenvalue weighted by molar-refractivity contribution is -0.137. The fourth-order valence-corrected chi connectivity index (χ4v) is 1.39. The number of allylic oxidation sites excluding steroid dienone is 1. The Kier molecular flexibility index (Phi) is 4.27. The molecule has 0 saturated carbocycles. The second-order valence-electron chi connectivity index (χ2n) is 4.19. The van der Waals surface area contributed by atoms with Crippen molar-refractivity contribution in [1.82, 2.24) is 0 Å². The third-order valence-corrected chi connectivity index (χ3v) is 2.38. The van der Waals surface area contributed by atoms with Gasteiger partial charge in [0, 0.05) is 0 Å². The summed E-state index contributed by atoms with van der Waals surface area (Å²) in [5, 5.41) is 0. The smallest absolute Gasteiger partial charge is 0.298 e. The summed E-state index contributed by atoms with van der Waals surface area (Å²) in [5.41, 5.74) is -0.727. The predicted molar refractivity (Wildman–Crippen MR) is 60.3 cm³/mol. The van der Waals surface area contributed by atoms with Crippen LogP contribution in [0.4, 0.5) is 17.6 Å². The molecule has 0 saturated heterocycles. The molecule has 0 fully saturated rings. The van der Waals surface area contributed by atoms with Crippen LogP contribution in [0.15, 0.2) is 23.8 Å². The van der Waals surface area contributed by atoms with Gasteiger partial charge in [-0.3, -0.25) is 4.79 Å². The van der Waals surface area contributed by atoms with E-state index in [4.69, 9.17) is 0 Å². The number of hydrogen-bond donors (Lipinski definition) is 0. The SMILES string of the molecule is CC(C)/C(C=O)=C/c1cc(F)cc(C(F)(F)F)c1. The molecular weight excluding hydrogens is 248 g/mol. The van der Waals surface area contributed by atoms with E-state index in [9.17, 15) is 22.4 Å². The van der Waals surface area contributed by atoms with Crippen LogP contribution in [0, 0.1) is 11.7 Å². The molecule has 0 radical (unpaired) electrons. The van der Waals surface area contributed by atoms with Crippen molar-refractivity contribution < 1.29 is 22.4 Å². The second-order valence-corrected chi connectivity index (χ2v) is 4.19. The maximum absolute atomic E-state index is 13.1. The maximum atomic E-state index is 13.1. The van der Waals surface area contributed by atoms with Crippen LogP contribution in [-0.4, -0.2) is 6.29 Å². The van der Waals surface area contributed by atoms with Gasteiger partial charge in [-0.2, -0.15) is 13.2 Å². The average Bonchev–Trinajstić information content (AvgIpc) is 2.23. The molecule has 0 aromatic heterocycles. The number of carbonyl (C=O) groups is 1. The molecule has 0 amide bonds. The first-order chi connectivity index (χ1) is 8.24. The molecule has 0 aliphatic carbocycles. The van der Waals surface area contributed by atoms with E-state index in [1.54, 1.807) is 13.8 Å². The van der Waals surface area contributed by atoms with Crippen LogP contribution in [0.5, 0.6) is 0 Å². The lowest BCUT2D eigenvalue weighted by Gasteiger charge is -2.09. The van der Waals surface area contributed by atoms with Crippen molar-refractivity contribution in [3.05, 3.63) is 40.7 Å². The van der Waals surface area contributed by atoms with Crippen LogP contribution < -0.4 is 0 Å². The molecule has 1 aromatic rings. The van der Waals surface area contributed by atoms with Crippen molar-refractivity contribution in [2.45, 2.75) is 20.0 Å². The molecule has 0 unspecified atom stereocenters. The predicted octanol–water partition coefficient (Wildman–Crippen LogP) is 4.08. The summed E-state index contributed by atoms with van der Waals surface area (Å²) in [6.45, 7) is 3.45. The van der Waals surface area contributed by atoms with Crippen molar-refractivity contribution in [3.8, 4) is 0 Å². The zero-order chi connectivity index (χ0) is 13.9. The number of alkyl halides is 3. The Morgan fingerprint density at radius 2 is 1.83 bits per heavy atom. The van der Waals surface area contributed by atoms with E-state index in [0.717, 1.165) is 12.1 Å². The summed E-state index contributed by atoms with van der Waals surface area (Å²) in [5.74, 6) is -1.12. The molecule has 5 heteroatoms. The Morgan fingerprint density at radius 1 is 1.22 bits per heavy atom. The highest BCUT2D eigenvalue weighted by molar-refractivity contribution is 5.82. The minimum atomic E-state index is -4.61. The van der Waals surface area contributed by atoms with Crippen molar-refractivity contribution >= 4 is 12.4 Å². The third kappa shape index (κ3) is 3.68. The Hall–Kier alpha value is -1.65. The van der Waals surface area contributed by atoms with Gasteiger partial charge in [-0.05, 0) is 41.3 Å². The normalized spacial score (nSPS) is 12.9. The van der Waals surface area contributed by atoms with Crippen LogP contribution in [-0.2, 0) is 11.0 Å². The molecule has 0 spiro atoms. The van der Waals surface area contributed by atoms with Gasteiger partial charge in [-0.25, -0.2) is 4.39 Å². The lowest BCUT2D eigenvalue weighted by atomic mass is 10.0. The average molecular weight is 260 g/mol. The van der Waals surface area contributed by atoms with Crippen LogP contribution in [0.1, 0.15) is 25.0 Å².